The minimum atomic E-state index is -3.56. The highest BCUT2D eigenvalue weighted by Gasteiger charge is 2.34. The SMILES string of the molecule is CN(C)S(=O)(=O)N1Cc2ccnn2C(COc2ncccc2F)C1. The summed E-state index contributed by atoms with van der Waals surface area (Å²) < 4.78 is 48.1. The first-order valence-corrected chi connectivity index (χ1v) is 8.72. The summed E-state index contributed by atoms with van der Waals surface area (Å²) in [6.45, 7) is 0.473. The van der Waals surface area contributed by atoms with Crippen LogP contribution >= 0.6 is 0 Å². The van der Waals surface area contributed by atoms with Crippen molar-refractivity contribution in [2.45, 2.75) is 12.6 Å². The lowest BCUT2D eigenvalue weighted by atomic mass is 10.2. The van der Waals surface area contributed by atoms with Crippen molar-refractivity contribution in [2.75, 3.05) is 27.2 Å². The van der Waals surface area contributed by atoms with Crippen molar-refractivity contribution < 1.29 is 17.5 Å². The molecule has 3 rings (SSSR count). The molecular formula is C14H18FN5O3S. The largest absolute Gasteiger partial charge is 0.473 e. The number of hydrogen-bond acceptors (Lipinski definition) is 5. The molecule has 0 saturated carbocycles. The first-order valence-electron chi connectivity index (χ1n) is 7.33. The van der Waals surface area contributed by atoms with Gasteiger partial charge in [0.2, 0.25) is 5.88 Å². The van der Waals surface area contributed by atoms with E-state index in [9.17, 15) is 12.8 Å². The third-order valence-electron chi connectivity index (χ3n) is 3.78. The monoisotopic (exact) mass is 355 g/mol. The van der Waals surface area contributed by atoms with E-state index in [0.29, 0.717) is 0 Å². The van der Waals surface area contributed by atoms with Crippen LogP contribution in [-0.2, 0) is 16.8 Å². The number of fused-ring (bicyclic) bond motifs is 1. The van der Waals surface area contributed by atoms with Crippen LogP contribution < -0.4 is 4.74 Å². The molecule has 0 spiro atoms. The fraction of sp³-hybridized carbons (Fsp3) is 0.429. The molecule has 24 heavy (non-hydrogen) atoms. The van der Waals surface area contributed by atoms with Gasteiger partial charge >= 0.3 is 0 Å². The first-order chi connectivity index (χ1) is 11.4. The topological polar surface area (TPSA) is 80.6 Å². The van der Waals surface area contributed by atoms with Crippen molar-refractivity contribution in [1.29, 1.82) is 0 Å². The van der Waals surface area contributed by atoms with Gasteiger partial charge in [-0.1, -0.05) is 0 Å². The highest BCUT2D eigenvalue weighted by Crippen LogP contribution is 2.24. The minimum Gasteiger partial charge on any atom is -0.473 e. The van der Waals surface area contributed by atoms with Crippen molar-refractivity contribution in [1.82, 2.24) is 23.4 Å². The zero-order chi connectivity index (χ0) is 17.3. The molecule has 8 nitrogen and oxygen atoms in total. The average molecular weight is 355 g/mol. The van der Waals surface area contributed by atoms with Crippen LogP contribution in [0.25, 0.3) is 0 Å². The first kappa shape index (κ1) is 16.8. The van der Waals surface area contributed by atoms with Crippen LogP contribution in [-0.4, -0.2) is 59.0 Å². The summed E-state index contributed by atoms with van der Waals surface area (Å²) in [7, 11) is -0.600. The van der Waals surface area contributed by atoms with Gasteiger partial charge in [0.15, 0.2) is 5.82 Å². The molecule has 1 atom stereocenters. The highest BCUT2D eigenvalue weighted by atomic mass is 32.2. The van der Waals surface area contributed by atoms with E-state index in [4.69, 9.17) is 4.74 Å². The summed E-state index contributed by atoms with van der Waals surface area (Å²) >= 11 is 0. The molecule has 1 unspecified atom stereocenters. The fourth-order valence-electron chi connectivity index (χ4n) is 2.54. The maximum Gasteiger partial charge on any atom is 0.281 e. The Morgan fingerprint density at radius 3 is 2.88 bits per heavy atom. The molecule has 0 N–H and O–H groups in total. The van der Waals surface area contributed by atoms with Crippen LogP contribution in [0, 0.1) is 5.82 Å². The fourth-order valence-corrected chi connectivity index (χ4v) is 3.65. The van der Waals surface area contributed by atoms with Crippen molar-refractivity contribution in [3.63, 3.8) is 0 Å². The second-order valence-electron chi connectivity index (χ2n) is 5.61. The number of hydrogen-bond donors (Lipinski definition) is 0. The van der Waals surface area contributed by atoms with Crippen LogP contribution in [0.1, 0.15) is 11.7 Å². The molecular weight excluding hydrogens is 337 g/mol. The molecule has 0 saturated heterocycles. The van der Waals surface area contributed by atoms with Crippen LogP contribution in [0.2, 0.25) is 0 Å². The zero-order valence-corrected chi connectivity index (χ0v) is 14.1. The van der Waals surface area contributed by atoms with Gasteiger partial charge in [0.25, 0.3) is 10.2 Å². The summed E-state index contributed by atoms with van der Waals surface area (Å²) in [5.41, 5.74) is 0.752. The molecule has 2 aromatic heterocycles. The molecule has 2 aromatic rings. The molecule has 0 radical (unpaired) electrons. The van der Waals surface area contributed by atoms with Gasteiger partial charge in [0, 0.05) is 33.0 Å². The number of rotatable bonds is 5. The third kappa shape index (κ3) is 3.12. The molecule has 0 bridgehead atoms. The van der Waals surface area contributed by atoms with Gasteiger partial charge < -0.3 is 4.74 Å². The Hall–Kier alpha value is -2.04. The van der Waals surface area contributed by atoms with Gasteiger partial charge in [-0.2, -0.15) is 22.1 Å². The minimum absolute atomic E-state index is 0.0576. The van der Waals surface area contributed by atoms with Crippen molar-refractivity contribution in [3.05, 3.63) is 42.1 Å². The standard InChI is InChI=1S/C14H18FN5O3S/c1-18(2)24(21,22)19-8-11-5-7-17-20(11)12(9-19)10-23-14-13(15)4-3-6-16-14/h3-7,12H,8-10H2,1-2H3. The second kappa shape index (κ2) is 6.46. The maximum absolute atomic E-state index is 13.6. The summed E-state index contributed by atoms with van der Waals surface area (Å²) in [6, 6.07) is 4.11. The lowest BCUT2D eigenvalue weighted by molar-refractivity contribution is 0.170. The Morgan fingerprint density at radius 2 is 2.17 bits per heavy atom. The van der Waals surface area contributed by atoms with E-state index in [1.165, 1.54) is 36.7 Å². The molecule has 0 aliphatic carbocycles. The molecule has 10 heteroatoms. The number of pyridine rings is 1. The molecule has 3 heterocycles. The van der Waals surface area contributed by atoms with Crippen molar-refractivity contribution >= 4 is 10.2 Å². The van der Waals surface area contributed by atoms with Crippen molar-refractivity contribution in [2.24, 2.45) is 0 Å². The Labute approximate surface area is 139 Å². The number of halogens is 1. The second-order valence-corrected chi connectivity index (χ2v) is 7.75. The van der Waals surface area contributed by atoms with E-state index in [1.807, 2.05) is 0 Å². The normalized spacial score (nSPS) is 18.6. The van der Waals surface area contributed by atoms with E-state index in [0.717, 1.165) is 10.00 Å². The Kier molecular flexibility index (Phi) is 4.52. The van der Waals surface area contributed by atoms with Crippen molar-refractivity contribution in [3.8, 4) is 5.88 Å². The van der Waals surface area contributed by atoms with Gasteiger partial charge in [0.1, 0.15) is 12.6 Å². The van der Waals surface area contributed by atoms with Gasteiger partial charge in [-0.05, 0) is 18.2 Å². The molecule has 0 aromatic carbocycles. The quantitative estimate of drug-likeness (QED) is 0.787. The number of ether oxygens (including phenoxy) is 1. The molecule has 1 aliphatic rings. The smallest absolute Gasteiger partial charge is 0.281 e. The van der Waals surface area contributed by atoms with Gasteiger partial charge in [-0.3, -0.25) is 4.68 Å². The predicted molar refractivity (Wildman–Crippen MR) is 84.0 cm³/mol. The predicted octanol–water partition coefficient (Wildman–Crippen LogP) is 0.659. The van der Waals surface area contributed by atoms with Gasteiger partial charge in [-0.25, -0.2) is 9.37 Å². The Balaban J connectivity index is 1.81. The van der Waals surface area contributed by atoms with Crippen LogP contribution in [0.4, 0.5) is 4.39 Å². The third-order valence-corrected chi connectivity index (χ3v) is 5.63. The van der Waals surface area contributed by atoms with Crippen LogP contribution in [0.15, 0.2) is 30.6 Å². The zero-order valence-electron chi connectivity index (χ0n) is 13.3. The van der Waals surface area contributed by atoms with E-state index >= 15 is 0 Å². The van der Waals surface area contributed by atoms with E-state index in [-0.39, 0.29) is 31.6 Å². The highest BCUT2D eigenvalue weighted by molar-refractivity contribution is 7.86. The lowest BCUT2D eigenvalue weighted by Crippen LogP contribution is -2.47. The Morgan fingerprint density at radius 1 is 1.38 bits per heavy atom. The number of nitrogens with zero attached hydrogens (tertiary/aromatic N) is 5. The summed E-state index contributed by atoms with van der Waals surface area (Å²) in [5, 5.41) is 4.22. The lowest BCUT2D eigenvalue weighted by Gasteiger charge is -2.34. The van der Waals surface area contributed by atoms with Crippen LogP contribution in [0.5, 0.6) is 5.88 Å². The van der Waals surface area contributed by atoms with E-state index in [2.05, 4.69) is 10.1 Å². The Bertz CT molecular complexity index is 823. The van der Waals surface area contributed by atoms with Gasteiger partial charge in [-0.15, -0.1) is 0 Å². The number of aromatic nitrogens is 3. The molecule has 1 aliphatic heterocycles. The molecule has 0 amide bonds. The van der Waals surface area contributed by atoms with Crippen LogP contribution in [0.3, 0.4) is 0 Å². The average Bonchev–Trinajstić information content (AvgIpc) is 3.02. The summed E-state index contributed by atoms with van der Waals surface area (Å²) in [4.78, 5) is 3.84. The molecule has 130 valence electrons. The van der Waals surface area contributed by atoms with E-state index < -0.39 is 16.0 Å². The maximum atomic E-state index is 13.6. The summed E-state index contributed by atoms with van der Waals surface area (Å²) in [5.74, 6) is -0.675. The summed E-state index contributed by atoms with van der Waals surface area (Å²) in [6.07, 6.45) is 3.04. The molecule has 0 fully saturated rings. The van der Waals surface area contributed by atoms with E-state index in [1.54, 1.807) is 16.9 Å². The van der Waals surface area contributed by atoms with Gasteiger partial charge in [0.05, 0.1) is 12.2 Å².